The van der Waals surface area contributed by atoms with Gasteiger partial charge in [0, 0.05) is 25.2 Å². The molecule has 1 aromatic carbocycles. The largest absolute Gasteiger partial charge is 0.462 e. The minimum absolute atomic E-state index is 0.311. The van der Waals surface area contributed by atoms with Crippen LogP contribution >= 0.6 is 0 Å². The lowest BCUT2D eigenvalue weighted by molar-refractivity contribution is 0.0526. The molecule has 0 bridgehead atoms. The second-order valence-corrected chi connectivity index (χ2v) is 5.17. The minimum Gasteiger partial charge on any atom is -0.462 e. The van der Waals surface area contributed by atoms with E-state index in [4.69, 9.17) is 15.2 Å². The van der Waals surface area contributed by atoms with Crippen molar-refractivity contribution in [3.8, 4) is 0 Å². The van der Waals surface area contributed by atoms with Gasteiger partial charge in [0.1, 0.15) is 12.3 Å². The van der Waals surface area contributed by atoms with Crippen molar-refractivity contribution in [1.29, 1.82) is 0 Å². The summed E-state index contributed by atoms with van der Waals surface area (Å²) in [4.78, 5) is 18.7. The van der Waals surface area contributed by atoms with Crippen molar-refractivity contribution in [2.24, 2.45) is 0 Å². The Labute approximate surface area is 136 Å². The number of nitrogens with two attached hydrogens (primary N) is 1. The third-order valence-corrected chi connectivity index (χ3v) is 3.49. The Kier molecular flexibility index (Phi) is 5.76. The van der Waals surface area contributed by atoms with Crippen molar-refractivity contribution < 1.29 is 14.3 Å². The van der Waals surface area contributed by atoms with Crippen LogP contribution in [0.25, 0.3) is 10.9 Å². The van der Waals surface area contributed by atoms with Crippen molar-refractivity contribution >= 4 is 28.2 Å². The van der Waals surface area contributed by atoms with Crippen molar-refractivity contribution in [2.45, 2.75) is 20.3 Å². The fourth-order valence-electron chi connectivity index (χ4n) is 2.60. The molecule has 6 heteroatoms. The minimum atomic E-state index is -0.392. The van der Waals surface area contributed by atoms with Gasteiger partial charge in [-0.25, -0.2) is 4.79 Å². The second kappa shape index (κ2) is 7.78. The number of benzene rings is 1. The molecular weight excluding hydrogens is 294 g/mol. The number of pyridine rings is 1. The lowest BCUT2D eigenvalue weighted by atomic mass is 10.1. The first-order valence-electron chi connectivity index (χ1n) is 7.72. The Morgan fingerprint density at radius 1 is 1.35 bits per heavy atom. The molecule has 0 fully saturated rings. The summed E-state index contributed by atoms with van der Waals surface area (Å²) < 4.78 is 10.5. The van der Waals surface area contributed by atoms with Crippen LogP contribution in [-0.2, 0) is 9.47 Å². The predicted molar refractivity (Wildman–Crippen MR) is 91.6 cm³/mol. The van der Waals surface area contributed by atoms with Crippen LogP contribution in [0.3, 0.4) is 0 Å². The SMILES string of the molecule is CCCN(COC)c1c(C(=O)OCC)cnc2c(N)cccc12. The number of aromatic nitrogens is 1. The summed E-state index contributed by atoms with van der Waals surface area (Å²) >= 11 is 0. The average molecular weight is 317 g/mol. The summed E-state index contributed by atoms with van der Waals surface area (Å²) in [6, 6.07) is 5.56. The van der Waals surface area contributed by atoms with Gasteiger partial charge in [-0.2, -0.15) is 0 Å². The van der Waals surface area contributed by atoms with Gasteiger partial charge in [-0.3, -0.25) is 4.98 Å². The van der Waals surface area contributed by atoms with E-state index < -0.39 is 5.97 Å². The van der Waals surface area contributed by atoms with Gasteiger partial charge in [0.05, 0.1) is 23.5 Å². The zero-order valence-corrected chi connectivity index (χ0v) is 13.8. The number of hydrogen-bond acceptors (Lipinski definition) is 6. The molecule has 0 aliphatic heterocycles. The molecular formula is C17H23N3O3. The molecule has 2 aromatic rings. The van der Waals surface area contributed by atoms with Gasteiger partial charge in [0.2, 0.25) is 0 Å². The molecule has 2 N–H and O–H groups in total. The van der Waals surface area contributed by atoms with E-state index in [1.807, 2.05) is 17.0 Å². The Bertz CT molecular complexity index is 682. The second-order valence-electron chi connectivity index (χ2n) is 5.17. The summed E-state index contributed by atoms with van der Waals surface area (Å²) in [6.45, 7) is 5.28. The number of anilines is 2. The molecule has 1 heterocycles. The highest BCUT2D eigenvalue weighted by molar-refractivity contribution is 6.07. The fraction of sp³-hybridized carbons (Fsp3) is 0.412. The normalized spacial score (nSPS) is 10.7. The summed E-state index contributed by atoms with van der Waals surface area (Å²) in [5, 5.41) is 0.820. The number of nitrogens with zero attached hydrogens (tertiary/aromatic N) is 2. The van der Waals surface area contributed by atoms with Crippen LogP contribution in [-0.4, -0.2) is 37.9 Å². The maximum Gasteiger partial charge on any atom is 0.341 e. The van der Waals surface area contributed by atoms with Gasteiger partial charge in [-0.1, -0.05) is 19.1 Å². The van der Waals surface area contributed by atoms with Crippen molar-refractivity contribution in [1.82, 2.24) is 4.98 Å². The smallest absolute Gasteiger partial charge is 0.341 e. The van der Waals surface area contributed by atoms with E-state index in [9.17, 15) is 4.79 Å². The number of carbonyl (C=O) groups is 1. The maximum absolute atomic E-state index is 12.3. The van der Waals surface area contributed by atoms with Crippen molar-refractivity contribution in [3.05, 3.63) is 30.0 Å². The van der Waals surface area contributed by atoms with Gasteiger partial charge < -0.3 is 20.1 Å². The number of nitrogen functional groups attached to an aromatic ring is 1. The quantitative estimate of drug-likeness (QED) is 0.481. The molecule has 0 aliphatic rings. The maximum atomic E-state index is 12.3. The number of fused-ring (bicyclic) bond motifs is 1. The van der Waals surface area contributed by atoms with Crippen LogP contribution < -0.4 is 10.6 Å². The number of ether oxygens (including phenoxy) is 2. The molecule has 0 spiro atoms. The number of hydrogen-bond donors (Lipinski definition) is 1. The first-order valence-corrected chi connectivity index (χ1v) is 7.72. The first-order chi connectivity index (χ1) is 11.1. The van der Waals surface area contributed by atoms with Crippen LogP contribution in [0.4, 0.5) is 11.4 Å². The Hall–Kier alpha value is -2.34. The van der Waals surface area contributed by atoms with Gasteiger partial charge in [0.25, 0.3) is 0 Å². The van der Waals surface area contributed by atoms with Gasteiger partial charge in [-0.05, 0) is 19.4 Å². The van der Waals surface area contributed by atoms with E-state index in [1.54, 1.807) is 20.1 Å². The number of rotatable bonds is 7. The van der Waals surface area contributed by atoms with E-state index in [0.717, 1.165) is 24.0 Å². The summed E-state index contributed by atoms with van der Waals surface area (Å²) in [5.41, 5.74) is 8.46. The van der Waals surface area contributed by atoms with E-state index in [1.165, 1.54) is 6.20 Å². The Morgan fingerprint density at radius 3 is 2.78 bits per heavy atom. The topological polar surface area (TPSA) is 77.7 Å². The summed E-state index contributed by atoms with van der Waals surface area (Å²) in [7, 11) is 1.63. The average Bonchev–Trinajstić information content (AvgIpc) is 2.54. The molecule has 1 aromatic heterocycles. The number of para-hydroxylation sites is 1. The van der Waals surface area contributed by atoms with Gasteiger partial charge in [-0.15, -0.1) is 0 Å². The van der Waals surface area contributed by atoms with E-state index >= 15 is 0 Å². The first kappa shape index (κ1) is 17.0. The Balaban J connectivity index is 2.69. The predicted octanol–water partition coefficient (Wildman–Crippen LogP) is 2.81. The molecule has 0 aliphatic carbocycles. The highest BCUT2D eigenvalue weighted by atomic mass is 16.5. The molecule has 6 nitrogen and oxygen atoms in total. The van der Waals surface area contributed by atoms with Crippen molar-refractivity contribution in [2.75, 3.05) is 37.6 Å². The lowest BCUT2D eigenvalue weighted by Crippen LogP contribution is -2.29. The monoisotopic (exact) mass is 317 g/mol. The van der Waals surface area contributed by atoms with E-state index in [0.29, 0.717) is 30.1 Å². The lowest BCUT2D eigenvalue weighted by Gasteiger charge is -2.26. The van der Waals surface area contributed by atoms with E-state index in [-0.39, 0.29) is 0 Å². The summed E-state index contributed by atoms with van der Waals surface area (Å²) in [6.07, 6.45) is 2.45. The third kappa shape index (κ3) is 3.53. The molecule has 0 saturated heterocycles. The third-order valence-electron chi connectivity index (χ3n) is 3.49. The van der Waals surface area contributed by atoms with Crippen LogP contribution in [0.2, 0.25) is 0 Å². The van der Waals surface area contributed by atoms with Crippen LogP contribution in [0.1, 0.15) is 30.6 Å². The number of carbonyl (C=O) groups excluding carboxylic acids is 1. The molecule has 0 atom stereocenters. The molecule has 124 valence electrons. The van der Waals surface area contributed by atoms with Crippen LogP contribution in [0, 0.1) is 0 Å². The van der Waals surface area contributed by atoms with Crippen LogP contribution in [0.15, 0.2) is 24.4 Å². The molecule has 2 rings (SSSR count). The highest BCUT2D eigenvalue weighted by Gasteiger charge is 2.21. The number of esters is 1. The molecule has 0 amide bonds. The fourth-order valence-corrected chi connectivity index (χ4v) is 2.60. The van der Waals surface area contributed by atoms with E-state index in [2.05, 4.69) is 11.9 Å². The highest BCUT2D eigenvalue weighted by Crippen LogP contribution is 2.32. The number of methoxy groups -OCH3 is 1. The standard InChI is InChI=1S/C17H23N3O3/c1-4-9-20(11-22-3)16-12-7-6-8-14(18)15(12)19-10-13(16)17(21)23-5-2/h6-8,10H,4-5,9,11,18H2,1-3H3. The Morgan fingerprint density at radius 2 is 2.13 bits per heavy atom. The molecule has 0 radical (unpaired) electrons. The van der Waals surface area contributed by atoms with Gasteiger partial charge >= 0.3 is 5.97 Å². The van der Waals surface area contributed by atoms with Crippen LogP contribution in [0.5, 0.6) is 0 Å². The van der Waals surface area contributed by atoms with Crippen molar-refractivity contribution in [3.63, 3.8) is 0 Å². The zero-order valence-electron chi connectivity index (χ0n) is 13.8. The molecule has 23 heavy (non-hydrogen) atoms. The molecule has 0 saturated carbocycles. The summed E-state index contributed by atoms with van der Waals surface area (Å²) in [5.74, 6) is -0.392. The zero-order chi connectivity index (χ0) is 16.8. The van der Waals surface area contributed by atoms with Gasteiger partial charge in [0.15, 0.2) is 0 Å². The molecule has 0 unspecified atom stereocenters.